The van der Waals surface area contributed by atoms with E-state index < -0.39 is 0 Å². The Kier molecular flexibility index (Phi) is 8.05. The molecule has 0 amide bonds. The van der Waals surface area contributed by atoms with Gasteiger partial charge >= 0.3 is 0 Å². The van der Waals surface area contributed by atoms with Gasteiger partial charge in [0.05, 0.1) is 39.1 Å². The molecule has 0 aliphatic rings. The molecule has 4 nitrogen and oxygen atoms in total. The molecule has 0 radical (unpaired) electrons. The van der Waals surface area contributed by atoms with Gasteiger partial charge in [0.25, 0.3) is 0 Å². The fraction of sp³-hybridized carbons (Fsp3) is 0. The third kappa shape index (κ3) is 5.82. The molecule has 0 N–H and O–H groups in total. The molecule has 5 heterocycles. The first-order valence-corrected chi connectivity index (χ1v) is 22.1. The molecule has 0 aliphatic heterocycles. The smallest absolute Gasteiger partial charge is 0.0899 e. The van der Waals surface area contributed by atoms with Crippen LogP contribution in [-0.2, 0) is 0 Å². The maximum absolute atomic E-state index is 5.02. The van der Waals surface area contributed by atoms with Crippen LogP contribution in [0.25, 0.3) is 120 Å². The van der Waals surface area contributed by atoms with Gasteiger partial charge in [-0.05, 0) is 107 Å². The van der Waals surface area contributed by atoms with Crippen molar-refractivity contribution < 1.29 is 0 Å². The van der Waals surface area contributed by atoms with E-state index in [4.69, 9.17) is 4.98 Å². The van der Waals surface area contributed by atoms with E-state index in [1.807, 2.05) is 41.8 Å². The van der Waals surface area contributed by atoms with E-state index in [9.17, 15) is 0 Å². The lowest BCUT2D eigenvalue weighted by Crippen LogP contribution is -1.94. The van der Waals surface area contributed by atoms with E-state index in [1.54, 1.807) is 0 Å². The first kappa shape index (κ1) is 35.6. The molecule has 0 saturated heterocycles. The van der Waals surface area contributed by atoms with E-state index in [2.05, 4.69) is 202 Å². The topological polar surface area (TPSA) is 35.6 Å². The third-order valence-electron chi connectivity index (χ3n) is 12.6. The lowest BCUT2D eigenvalue weighted by atomic mass is 9.98. The molecule has 8 aromatic carbocycles. The fourth-order valence-corrected chi connectivity index (χ4v) is 10.7. The Hall–Kier alpha value is -8.12. The van der Waals surface area contributed by atoms with Crippen molar-refractivity contribution in [2.24, 2.45) is 0 Å². The van der Waals surface area contributed by atoms with Crippen molar-refractivity contribution in [3.63, 3.8) is 0 Å². The van der Waals surface area contributed by atoms with Crippen molar-refractivity contribution >= 4 is 75.1 Å². The van der Waals surface area contributed by atoms with Crippen molar-refractivity contribution in [2.75, 3.05) is 0 Å². The molecular weight excluding hydrogens is 785 g/mol. The van der Waals surface area contributed by atoms with Crippen LogP contribution in [0.2, 0.25) is 0 Å². The summed E-state index contributed by atoms with van der Waals surface area (Å²) in [6.45, 7) is 0. The second kappa shape index (κ2) is 14.2. The Bertz CT molecular complexity index is 3810. The highest BCUT2D eigenvalue weighted by Gasteiger charge is 2.19. The summed E-state index contributed by atoms with van der Waals surface area (Å²) in [6, 6.07) is 76.5. The van der Waals surface area contributed by atoms with Gasteiger partial charge in [-0.3, -0.25) is 4.98 Å². The van der Waals surface area contributed by atoms with Gasteiger partial charge < -0.3 is 9.13 Å². The van der Waals surface area contributed by atoms with E-state index in [-0.39, 0.29) is 0 Å². The number of fused-ring (bicyclic) bond motifs is 9. The summed E-state index contributed by atoms with van der Waals surface area (Å²) in [6.07, 6.45) is 1.82. The molecule has 294 valence electrons. The molecule has 0 spiro atoms. The van der Waals surface area contributed by atoms with Gasteiger partial charge in [-0.15, -0.1) is 11.3 Å². The van der Waals surface area contributed by atoms with Crippen LogP contribution >= 0.6 is 11.3 Å². The second-order valence-corrected chi connectivity index (χ2v) is 17.3. The minimum Gasteiger partial charge on any atom is -0.309 e. The molecule has 0 unspecified atom stereocenters. The van der Waals surface area contributed by atoms with Crippen molar-refractivity contribution in [3.8, 4) is 56.3 Å². The SMILES string of the molecule is c1ccc(-c2cc(-c3ccc(-c4ccc(-n5c6ccccc6c6cc7sc8cc9c(cc8c7cc65)c5ccccc5n9-c5ccccc5)cc4)cc3)cc(-c3ccccn3)n2)cc1. The molecule has 0 saturated carbocycles. The monoisotopic (exact) mass is 820 g/mol. The van der Waals surface area contributed by atoms with E-state index in [0.29, 0.717) is 0 Å². The molecule has 5 heteroatoms. The molecule has 5 aromatic heterocycles. The molecular formula is C58H36N4S. The second-order valence-electron chi connectivity index (χ2n) is 16.2. The van der Waals surface area contributed by atoms with Crippen LogP contribution in [0.4, 0.5) is 0 Å². The van der Waals surface area contributed by atoms with Gasteiger partial charge in [-0.1, -0.05) is 127 Å². The van der Waals surface area contributed by atoms with Crippen molar-refractivity contribution in [1.82, 2.24) is 19.1 Å². The quantitative estimate of drug-likeness (QED) is 0.167. The number of para-hydroxylation sites is 3. The Balaban J connectivity index is 0.896. The van der Waals surface area contributed by atoms with Gasteiger partial charge in [0.2, 0.25) is 0 Å². The molecule has 0 atom stereocenters. The first-order valence-electron chi connectivity index (χ1n) is 21.3. The predicted molar refractivity (Wildman–Crippen MR) is 265 cm³/mol. The summed E-state index contributed by atoms with van der Waals surface area (Å²) >= 11 is 1.89. The van der Waals surface area contributed by atoms with Crippen molar-refractivity contribution in [1.29, 1.82) is 0 Å². The van der Waals surface area contributed by atoms with Crippen LogP contribution in [0.3, 0.4) is 0 Å². The Morgan fingerprint density at radius 2 is 0.825 bits per heavy atom. The number of thiophene rings is 1. The standard InChI is InChI=1S/C58H36N4S/c1-3-13-40(14-4-1)51-31-41(32-52(60-51)50-19-11-12-30-59-50)39-24-22-37(23-25-39)38-26-28-43(29-27-38)62-54-21-10-8-18-45(54)47-35-57-49(34-55(47)62)48-33-46-44-17-7-9-20-53(44)61(42-15-5-2-6-16-42)56(46)36-58(48)63-57/h1-36H. The van der Waals surface area contributed by atoms with Gasteiger partial charge in [0.15, 0.2) is 0 Å². The number of hydrogen-bond acceptors (Lipinski definition) is 3. The summed E-state index contributed by atoms with van der Waals surface area (Å²) in [5.74, 6) is 0. The average Bonchev–Trinajstić information content (AvgIpc) is 3.99. The van der Waals surface area contributed by atoms with Gasteiger partial charge in [-0.2, -0.15) is 0 Å². The van der Waals surface area contributed by atoms with Crippen LogP contribution < -0.4 is 0 Å². The highest BCUT2D eigenvalue weighted by Crippen LogP contribution is 2.44. The maximum Gasteiger partial charge on any atom is 0.0899 e. The lowest BCUT2D eigenvalue weighted by molar-refractivity contribution is 1.18. The third-order valence-corrected chi connectivity index (χ3v) is 13.7. The van der Waals surface area contributed by atoms with E-state index in [0.717, 1.165) is 39.5 Å². The number of benzene rings is 8. The molecule has 63 heavy (non-hydrogen) atoms. The van der Waals surface area contributed by atoms with Gasteiger partial charge in [0, 0.05) is 64.9 Å². The Labute approximate surface area is 367 Å². The van der Waals surface area contributed by atoms with Crippen LogP contribution in [0.15, 0.2) is 219 Å². The Morgan fingerprint density at radius 1 is 0.302 bits per heavy atom. The summed E-state index contributed by atoms with van der Waals surface area (Å²) in [7, 11) is 0. The van der Waals surface area contributed by atoms with Gasteiger partial charge in [-0.25, -0.2) is 4.98 Å². The minimum absolute atomic E-state index is 0.856. The zero-order chi connectivity index (χ0) is 41.4. The average molecular weight is 821 g/mol. The predicted octanol–water partition coefficient (Wildman–Crippen LogP) is 15.7. The van der Waals surface area contributed by atoms with E-state index >= 15 is 0 Å². The number of hydrogen-bond donors (Lipinski definition) is 0. The number of pyridine rings is 2. The van der Waals surface area contributed by atoms with Crippen LogP contribution in [0.1, 0.15) is 0 Å². The van der Waals surface area contributed by atoms with Crippen LogP contribution in [-0.4, -0.2) is 19.1 Å². The number of aromatic nitrogens is 4. The highest BCUT2D eigenvalue weighted by atomic mass is 32.1. The first-order chi connectivity index (χ1) is 31.2. The highest BCUT2D eigenvalue weighted by molar-refractivity contribution is 7.26. The lowest BCUT2D eigenvalue weighted by Gasteiger charge is -2.11. The molecule has 13 rings (SSSR count). The number of nitrogens with zero attached hydrogens (tertiary/aromatic N) is 4. The zero-order valence-corrected chi connectivity index (χ0v) is 34.8. The van der Waals surface area contributed by atoms with Crippen molar-refractivity contribution in [2.45, 2.75) is 0 Å². The molecule has 0 bridgehead atoms. The van der Waals surface area contributed by atoms with Gasteiger partial charge in [0.1, 0.15) is 0 Å². The minimum atomic E-state index is 0.856. The summed E-state index contributed by atoms with van der Waals surface area (Å²) < 4.78 is 7.45. The van der Waals surface area contributed by atoms with Crippen molar-refractivity contribution in [3.05, 3.63) is 219 Å². The maximum atomic E-state index is 5.02. The fourth-order valence-electron chi connectivity index (χ4n) is 9.59. The summed E-state index contributed by atoms with van der Waals surface area (Å²) in [5.41, 5.74) is 15.5. The summed E-state index contributed by atoms with van der Waals surface area (Å²) in [4.78, 5) is 9.64. The number of rotatable bonds is 6. The summed E-state index contributed by atoms with van der Waals surface area (Å²) in [5, 5.41) is 7.66. The molecule has 13 aromatic rings. The largest absolute Gasteiger partial charge is 0.309 e. The molecule has 0 fully saturated rings. The molecule has 0 aliphatic carbocycles. The normalized spacial score (nSPS) is 11.8. The van der Waals surface area contributed by atoms with E-state index in [1.165, 1.54) is 80.6 Å². The zero-order valence-electron chi connectivity index (χ0n) is 34.0. The van der Waals surface area contributed by atoms with Crippen LogP contribution in [0.5, 0.6) is 0 Å². The Morgan fingerprint density at radius 3 is 1.51 bits per heavy atom. The van der Waals surface area contributed by atoms with Crippen LogP contribution in [0, 0.1) is 0 Å².